The molecule has 0 atom stereocenters. The summed E-state index contributed by atoms with van der Waals surface area (Å²) in [6, 6.07) is 14.8. The molecule has 0 spiro atoms. The van der Waals surface area contributed by atoms with E-state index in [0.717, 1.165) is 6.42 Å². The average Bonchev–Trinajstić information content (AvgIpc) is 2.55. The fourth-order valence-corrected chi connectivity index (χ4v) is 2.97. The van der Waals surface area contributed by atoms with Crippen molar-refractivity contribution in [2.45, 2.75) is 19.8 Å². The lowest BCUT2D eigenvalue weighted by Gasteiger charge is -2.21. The molecule has 0 unspecified atom stereocenters. The number of amides is 2. The molecule has 2 aromatic carbocycles. The Morgan fingerprint density at radius 2 is 1.68 bits per heavy atom. The standard InChI is InChI=1S/C19H20Cl2N2O2/c1-14(24)23(18-12-16(20)11-17(21)13-18)10-8-19(25)22-9-7-15-5-3-2-4-6-15/h2-6,11-13H,7-10H2,1H3,(H,22,25). The van der Waals surface area contributed by atoms with Crippen molar-refractivity contribution in [2.75, 3.05) is 18.0 Å². The second kappa shape index (κ2) is 9.44. The molecule has 132 valence electrons. The van der Waals surface area contributed by atoms with Gasteiger partial charge in [0.2, 0.25) is 11.8 Å². The summed E-state index contributed by atoms with van der Waals surface area (Å²) < 4.78 is 0. The van der Waals surface area contributed by atoms with Crippen LogP contribution in [0.3, 0.4) is 0 Å². The Balaban J connectivity index is 1.86. The smallest absolute Gasteiger partial charge is 0.223 e. The quantitative estimate of drug-likeness (QED) is 0.788. The summed E-state index contributed by atoms with van der Waals surface area (Å²) in [6.45, 7) is 2.28. The number of hydrogen-bond acceptors (Lipinski definition) is 2. The Bertz CT molecular complexity index is 715. The largest absolute Gasteiger partial charge is 0.356 e. The van der Waals surface area contributed by atoms with Crippen molar-refractivity contribution in [3.05, 3.63) is 64.1 Å². The third-order valence-corrected chi connectivity index (χ3v) is 4.12. The van der Waals surface area contributed by atoms with Gasteiger partial charge in [0.15, 0.2) is 0 Å². The molecular weight excluding hydrogens is 359 g/mol. The molecule has 0 saturated carbocycles. The number of carbonyl (C=O) groups is 2. The third kappa shape index (κ3) is 6.40. The summed E-state index contributed by atoms with van der Waals surface area (Å²) in [5.41, 5.74) is 1.75. The Morgan fingerprint density at radius 1 is 1.04 bits per heavy atom. The van der Waals surface area contributed by atoms with E-state index in [1.807, 2.05) is 30.3 Å². The second-order valence-corrected chi connectivity index (χ2v) is 6.51. The normalized spacial score (nSPS) is 10.4. The van der Waals surface area contributed by atoms with Gasteiger partial charge in [-0.25, -0.2) is 0 Å². The molecule has 6 heteroatoms. The van der Waals surface area contributed by atoms with Gasteiger partial charge >= 0.3 is 0 Å². The summed E-state index contributed by atoms with van der Waals surface area (Å²) in [5.74, 6) is -0.272. The van der Waals surface area contributed by atoms with Crippen molar-refractivity contribution in [2.24, 2.45) is 0 Å². The molecule has 0 aliphatic heterocycles. The van der Waals surface area contributed by atoms with Crippen LogP contribution in [-0.4, -0.2) is 24.9 Å². The first-order chi connectivity index (χ1) is 12.0. The van der Waals surface area contributed by atoms with Gasteiger partial charge in [-0.3, -0.25) is 9.59 Å². The van der Waals surface area contributed by atoms with Crippen molar-refractivity contribution >= 4 is 40.7 Å². The molecule has 0 aliphatic carbocycles. The average molecular weight is 379 g/mol. The molecule has 0 aliphatic rings. The molecule has 2 amide bonds. The maximum atomic E-state index is 12.0. The predicted molar refractivity (Wildman–Crippen MR) is 102 cm³/mol. The Hall–Kier alpha value is -2.04. The molecule has 0 bridgehead atoms. The van der Waals surface area contributed by atoms with E-state index in [0.29, 0.717) is 22.3 Å². The summed E-state index contributed by atoms with van der Waals surface area (Å²) in [6.07, 6.45) is 0.978. The fraction of sp³-hybridized carbons (Fsp3) is 0.263. The fourth-order valence-electron chi connectivity index (χ4n) is 2.46. The van der Waals surface area contributed by atoms with E-state index in [9.17, 15) is 9.59 Å². The van der Waals surface area contributed by atoms with E-state index in [1.165, 1.54) is 17.4 Å². The van der Waals surface area contributed by atoms with Crippen LogP contribution in [0.15, 0.2) is 48.5 Å². The maximum absolute atomic E-state index is 12.0. The van der Waals surface area contributed by atoms with E-state index in [2.05, 4.69) is 5.32 Å². The van der Waals surface area contributed by atoms with E-state index < -0.39 is 0 Å². The Morgan fingerprint density at radius 3 is 2.28 bits per heavy atom. The zero-order chi connectivity index (χ0) is 18.2. The molecule has 0 heterocycles. The summed E-state index contributed by atoms with van der Waals surface area (Å²) in [7, 11) is 0. The Labute approximate surface area is 157 Å². The monoisotopic (exact) mass is 378 g/mol. The van der Waals surface area contributed by atoms with Crippen LogP contribution >= 0.6 is 23.2 Å². The van der Waals surface area contributed by atoms with Crippen LogP contribution in [0.4, 0.5) is 5.69 Å². The van der Waals surface area contributed by atoms with Crippen LogP contribution in [0, 0.1) is 0 Å². The maximum Gasteiger partial charge on any atom is 0.223 e. The number of hydrogen-bond donors (Lipinski definition) is 1. The van der Waals surface area contributed by atoms with Crippen LogP contribution in [0.25, 0.3) is 0 Å². The first-order valence-corrected chi connectivity index (χ1v) is 8.76. The highest BCUT2D eigenvalue weighted by Gasteiger charge is 2.14. The van der Waals surface area contributed by atoms with Crippen molar-refractivity contribution in [3.8, 4) is 0 Å². The van der Waals surface area contributed by atoms with Gasteiger partial charge in [-0.15, -0.1) is 0 Å². The van der Waals surface area contributed by atoms with Crippen LogP contribution in [-0.2, 0) is 16.0 Å². The minimum absolute atomic E-state index is 0.102. The van der Waals surface area contributed by atoms with Gasteiger partial charge in [0.05, 0.1) is 0 Å². The van der Waals surface area contributed by atoms with E-state index in [4.69, 9.17) is 23.2 Å². The van der Waals surface area contributed by atoms with Crippen molar-refractivity contribution < 1.29 is 9.59 Å². The van der Waals surface area contributed by atoms with Crippen LogP contribution < -0.4 is 10.2 Å². The lowest BCUT2D eigenvalue weighted by Crippen LogP contribution is -2.34. The molecule has 0 radical (unpaired) electrons. The van der Waals surface area contributed by atoms with Gasteiger partial charge in [0, 0.05) is 42.2 Å². The lowest BCUT2D eigenvalue weighted by molar-refractivity contribution is -0.121. The molecule has 4 nitrogen and oxygen atoms in total. The number of benzene rings is 2. The van der Waals surface area contributed by atoms with Crippen LogP contribution in [0.5, 0.6) is 0 Å². The van der Waals surface area contributed by atoms with E-state index >= 15 is 0 Å². The SMILES string of the molecule is CC(=O)N(CCC(=O)NCCc1ccccc1)c1cc(Cl)cc(Cl)c1. The molecule has 1 N–H and O–H groups in total. The molecule has 0 saturated heterocycles. The number of rotatable bonds is 7. The van der Waals surface area contributed by atoms with E-state index in [-0.39, 0.29) is 24.8 Å². The van der Waals surface area contributed by atoms with Crippen molar-refractivity contribution in [1.29, 1.82) is 0 Å². The van der Waals surface area contributed by atoms with Crippen molar-refractivity contribution in [1.82, 2.24) is 5.32 Å². The predicted octanol–water partition coefficient (Wildman–Crippen LogP) is 4.10. The molecule has 2 aromatic rings. The molecule has 2 rings (SSSR count). The third-order valence-electron chi connectivity index (χ3n) is 3.68. The van der Waals surface area contributed by atoms with Gasteiger partial charge in [0.25, 0.3) is 0 Å². The zero-order valence-corrected chi connectivity index (χ0v) is 15.5. The number of carbonyl (C=O) groups excluding carboxylic acids is 2. The number of nitrogens with zero attached hydrogens (tertiary/aromatic N) is 1. The topological polar surface area (TPSA) is 49.4 Å². The van der Waals surface area contributed by atoms with Gasteiger partial charge in [-0.2, -0.15) is 0 Å². The van der Waals surface area contributed by atoms with E-state index in [1.54, 1.807) is 18.2 Å². The first-order valence-electron chi connectivity index (χ1n) is 8.00. The highest BCUT2D eigenvalue weighted by molar-refractivity contribution is 6.35. The number of nitrogens with one attached hydrogen (secondary N) is 1. The molecule has 25 heavy (non-hydrogen) atoms. The summed E-state index contributed by atoms with van der Waals surface area (Å²) in [4.78, 5) is 25.4. The van der Waals surface area contributed by atoms with Crippen LogP contribution in [0.2, 0.25) is 10.0 Å². The Kier molecular flexibility index (Phi) is 7.29. The van der Waals surface area contributed by atoms with Crippen LogP contribution in [0.1, 0.15) is 18.9 Å². The summed E-state index contributed by atoms with van der Waals surface area (Å²) in [5, 5.41) is 3.76. The van der Waals surface area contributed by atoms with Gasteiger partial charge in [-0.1, -0.05) is 53.5 Å². The molecule has 0 aromatic heterocycles. The minimum Gasteiger partial charge on any atom is -0.356 e. The molecule has 0 fully saturated rings. The van der Waals surface area contributed by atoms with Gasteiger partial charge in [-0.05, 0) is 30.2 Å². The van der Waals surface area contributed by atoms with Crippen molar-refractivity contribution in [3.63, 3.8) is 0 Å². The first kappa shape index (κ1) is 19.3. The number of halogens is 2. The van der Waals surface area contributed by atoms with Gasteiger partial charge < -0.3 is 10.2 Å². The second-order valence-electron chi connectivity index (χ2n) is 5.63. The summed E-state index contributed by atoms with van der Waals surface area (Å²) >= 11 is 12.0. The minimum atomic E-state index is -0.171. The highest BCUT2D eigenvalue weighted by Crippen LogP contribution is 2.25. The zero-order valence-electron chi connectivity index (χ0n) is 14.0. The number of anilines is 1. The lowest BCUT2D eigenvalue weighted by atomic mass is 10.1. The van der Waals surface area contributed by atoms with Gasteiger partial charge in [0.1, 0.15) is 0 Å². The highest BCUT2D eigenvalue weighted by atomic mass is 35.5. The molecular formula is C19H20Cl2N2O2.